The highest BCUT2D eigenvalue weighted by Crippen LogP contribution is 2.44. The Kier molecular flexibility index (Phi) is 4.52. The Balaban J connectivity index is 1.69. The van der Waals surface area contributed by atoms with E-state index in [4.69, 9.17) is 13.9 Å². The number of nitrogens with one attached hydrogen (secondary N) is 1. The van der Waals surface area contributed by atoms with Crippen LogP contribution in [0.1, 0.15) is 28.4 Å². The van der Waals surface area contributed by atoms with E-state index in [0.717, 1.165) is 42.1 Å². The Morgan fingerprint density at radius 2 is 1.97 bits per heavy atom. The van der Waals surface area contributed by atoms with Crippen molar-refractivity contribution in [1.29, 1.82) is 0 Å². The maximum Gasteiger partial charge on any atom is 0.165 e. The van der Waals surface area contributed by atoms with Crippen LogP contribution in [0.4, 0.5) is 0 Å². The Bertz CT molecular complexity index is 1130. The van der Waals surface area contributed by atoms with E-state index in [2.05, 4.69) is 40.2 Å². The number of H-pyrrole nitrogens is 1. The van der Waals surface area contributed by atoms with Gasteiger partial charge in [0.15, 0.2) is 11.5 Å². The molecule has 0 spiro atoms. The van der Waals surface area contributed by atoms with Gasteiger partial charge in [-0.25, -0.2) is 0 Å². The van der Waals surface area contributed by atoms with Crippen LogP contribution >= 0.6 is 0 Å². The molecule has 0 aliphatic carbocycles. The molecule has 1 aliphatic heterocycles. The monoisotopic (exact) mass is 388 g/mol. The number of aromatic amines is 1. The Hall–Kier alpha value is -3.18. The summed E-state index contributed by atoms with van der Waals surface area (Å²) in [5.74, 6) is 1.53. The quantitative estimate of drug-likeness (QED) is 0.527. The number of benzene rings is 2. The molecule has 2 aromatic heterocycles. The molecule has 29 heavy (non-hydrogen) atoms. The molecule has 1 aliphatic rings. The van der Waals surface area contributed by atoms with Crippen LogP contribution in [0.25, 0.3) is 10.9 Å². The molecule has 3 heterocycles. The summed E-state index contributed by atoms with van der Waals surface area (Å²) >= 11 is 0. The second kappa shape index (κ2) is 7.33. The molecule has 5 nitrogen and oxygen atoms in total. The van der Waals surface area contributed by atoms with Gasteiger partial charge in [-0.05, 0) is 30.2 Å². The average Bonchev–Trinajstić information content (AvgIpc) is 3.40. The van der Waals surface area contributed by atoms with Gasteiger partial charge < -0.3 is 18.9 Å². The topological polar surface area (TPSA) is 50.6 Å². The van der Waals surface area contributed by atoms with Gasteiger partial charge in [0.25, 0.3) is 0 Å². The van der Waals surface area contributed by atoms with Crippen LogP contribution in [-0.4, -0.2) is 30.6 Å². The van der Waals surface area contributed by atoms with Crippen LogP contribution in [0.2, 0.25) is 0 Å². The van der Waals surface area contributed by atoms with Gasteiger partial charge in [0.1, 0.15) is 0 Å². The van der Waals surface area contributed by atoms with Crippen LogP contribution in [0.15, 0.2) is 65.5 Å². The van der Waals surface area contributed by atoms with E-state index in [9.17, 15) is 0 Å². The normalized spacial score (nSPS) is 16.7. The molecule has 1 atom stereocenters. The lowest BCUT2D eigenvalue weighted by atomic mass is 9.91. The first-order valence-corrected chi connectivity index (χ1v) is 9.85. The van der Waals surface area contributed by atoms with E-state index in [1.165, 1.54) is 22.2 Å². The van der Waals surface area contributed by atoms with Gasteiger partial charge in [0, 0.05) is 40.8 Å². The zero-order valence-electron chi connectivity index (χ0n) is 16.6. The number of furan rings is 1. The molecule has 4 aromatic rings. The van der Waals surface area contributed by atoms with Gasteiger partial charge in [-0.2, -0.15) is 0 Å². The van der Waals surface area contributed by atoms with Crippen LogP contribution in [-0.2, 0) is 13.0 Å². The first-order valence-electron chi connectivity index (χ1n) is 9.85. The SMILES string of the molecule is COc1cccc(C2c3[nH]c4ccccc4c3CCN2Cc2ccoc2)c1OC. The molecule has 0 saturated heterocycles. The lowest BCUT2D eigenvalue weighted by Gasteiger charge is -2.36. The summed E-state index contributed by atoms with van der Waals surface area (Å²) in [5.41, 5.74) is 6.06. The number of methoxy groups -OCH3 is 2. The molecule has 0 bridgehead atoms. The van der Waals surface area contributed by atoms with Crippen LogP contribution in [0.3, 0.4) is 0 Å². The third-order valence-electron chi connectivity index (χ3n) is 5.83. The number of hydrogen-bond acceptors (Lipinski definition) is 4. The number of nitrogens with zero attached hydrogens (tertiary/aromatic N) is 1. The van der Waals surface area contributed by atoms with Crippen molar-refractivity contribution in [2.45, 2.75) is 19.0 Å². The molecule has 1 N–H and O–H groups in total. The summed E-state index contributed by atoms with van der Waals surface area (Å²) < 4.78 is 16.7. The van der Waals surface area contributed by atoms with Crippen molar-refractivity contribution in [2.24, 2.45) is 0 Å². The maximum absolute atomic E-state index is 5.81. The molecule has 0 amide bonds. The lowest BCUT2D eigenvalue weighted by Crippen LogP contribution is -2.35. The molecule has 148 valence electrons. The van der Waals surface area contributed by atoms with Crippen molar-refractivity contribution < 1.29 is 13.9 Å². The summed E-state index contributed by atoms with van der Waals surface area (Å²) in [6, 6.07) is 16.7. The van der Waals surface area contributed by atoms with E-state index >= 15 is 0 Å². The van der Waals surface area contributed by atoms with Crippen molar-refractivity contribution in [3.8, 4) is 11.5 Å². The highest BCUT2D eigenvalue weighted by Gasteiger charge is 2.34. The van der Waals surface area contributed by atoms with Crippen LogP contribution in [0, 0.1) is 0 Å². The van der Waals surface area contributed by atoms with Crippen LogP contribution in [0.5, 0.6) is 11.5 Å². The smallest absolute Gasteiger partial charge is 0.165 e. The highest BCUT2D eigenvalue weighted by molar-refractivity contribution is 5.85. The molecule has 2 aromatic carbocycles. The van der Waals surface area contributed by atoms with Gasteiger partial charge in [-0.15, -0.1) is 0 Å². The van der Waals surface area contributed by atoms with Crippen molar-refractivity contribution in [3.63, 3.8) is 0 Å². The van der Waals surface area contributed by atoms with E-state index in [-0.39, 0.29) is 6.04 Å². The third-order valence-corrected chi connectivity index (χ3v) is 5.83. The molecule has 0 fully saturated rings. The molecule has 1 unspecified atom stereocenters. The zero-order chi connectivity index (χ0) is 19.8. The third kappa shape index (κ3) is 2.98. The molecule has 5 heteroatoms. The maximum atomic E-state index is 5.81. The van der Waals surface area contributed by atoms with Gasteiger partial charge in [-0.1, -0.05) is 30.3 Å². The standard InChI is InChI=1S/C24H24N2O3/c1-27-21-9-5-7-19(24(21)28-2)23-22-18(17-6-3-4-8-20(17)25-22)10-12-26(23)14-16-11-13-29-15-16/h3-9,11,13,15,23,25H,10,12,14H2,1-2H3. The molecular formula is C24H24N2O3. The van der Waals surface area contributed by atoms with Crippen molar-refractivity contribution in [2.75, 3.05) is 20.8 Å². The van der Waals surface area contributed by atoms with Gasteiger partial charge >= 0.3 is 0 Å². The Morgan fingerprint density at radius 3 is 2.76 bits per heavy atom. The summed E-state index contributed by atoms with van der Waals surface area (Å²) in [5, 5.41) is 1.30. The minimum atomic E-state index is 0.0334. The number of para-hydroxylation sites is 2. The molecule has 0 radical (unpaired) electrons. The minimum Gasteiger partial charge on any atom is -0.493 e. The summed E-state index contributed by atoms with van der Waals surface area (Å²) in [7, 11) is 3.39. The van der Waals surface area contributed by atoms with Gasteiger partial charge in [0.2, 0.25) is 0 Å². The first kappa shape index (κ1) is 17.9. The van der Waals surface area contributed by atoms with E-state index in [1.54, 1.807) is 20.5 Å². The number of hydrogen-bond donors (Lipinski definition) is 1. The fourth-order valence-electron chi connectivity index (χ4n) is 4.56. The first-order chi connectivity index (χ1) is 14.3. The van der Waals surface area contributed by atoms with Gasteiger partial charge in [-0.3, -0.25) is 4.90 Å². The predicted octanol–water partition coefficient (Wildman–Crippen LogP) is 4.93. The average molecular weight is 388 g/mol. The number of rotatable bonds is 5. The summed E-state index contributed by atoms with van der Waals surface area (Å²) in [6.07, 6.45) is 4.55. The van der Waals surface area contributed by atoms with Gasteiger partial charge in [0.05, 0.1) is 32.8 Å². The number of aromatic nitrogens is 1. The second-order valence-electron chi connectivity index (χ2n) is 7.40. The lowest BCUT2D eigenvalue weighted by molar-refractivity contribution is 0.197. The molecule has 5 rings (SSSR count). The summed E-state index contributed by atoms with van der Waals surface area (Å²) in [6.45, 7) is 1.75. The summed E-state index contributed by atoms with van der Waals surface area (Å²) in [4.78, 5) is 6.17. The molecular weight excluding hydrogens is 364 g/mol. The fraction of sp³-hybridized carbons (Fsp3) is 0.250. The largest absolute Gasteiger partial charge is 0.493 e. The minimum absolute atomic E-state index is 0.0334. The van der Waals surface area contributed by atoms with Crippen LogP contribution < -0.4 is 9.47 Å². The van der Waals surface area contributed by atoms with E-state index in [1.807, 2.05) is 24.5 Å². The van der Waals surface area contributed by atoms with E-state index in [0.29, 0.717) is 0 Å². The number of fused-ring (bicyclic) bond motifs is 3. The van der Waals surface area contributed by atoms with Crippen molar-refractivity contribution in [1.82, 2.24) is 9.88 Å². The van der Waals surface area contributed by atoms with Crippen molar-refractivity contribution in [3.05, 3.63) is 83.4 Å². The zero-order valence-corrected chi connectivity index (χ0v) is 16.6. The van der Waals surface area contributed by atoms with Crippen molar-refractivity contribution >= 4 is 10.9 Å². The highest BCUT2D eigenvalue weighted by atomic mass is 16.5. The van der Waals surface area contributed by atoms with E-state index < -0.39 is 0 Å². The Morgan fingerprint density at radius 1 is 1.07 bits per heavy atom. The fourth-order valence-corrected chi connectivity index (χ4v) is 4.56. The number of ether oxygens (including phenoxy) is 2. The predicted molar refractivity (Wildman–Crippen MR) is 113 cm³/mol. The Labute approximate surface area is 169 Å². The molecule has 0 saturated carbocycles. The second-order valence-corrected chi connectivity index (χ2v) is 7.40.